The molecule has 0 saturated heterocycles. The fourth-order valence-electron chi connectivity index (χ4n) is 3.32. The van der Waals surface area contributed by atoms with Crippen molar-refractivity contribution in [1.82, 2.24) is 0 Å². The third kappa shape index (κ3) is 4.14. The zero-order valence-corrected chi connectivity index (χ0v) is 16.4. The van der Waals surface area contributed by atoms with E-state index in [1.165, 1.54) is 5.56 Å². The van der Waals surface area contributed by atoms with Gasteiger partial charge in [0.2, 0.25) is 0 Å². The van der Waals surface area contributed by atoms with Crippen molar-refractivity contribution >= 4 is 23.2 Å². The molecule has 0 unspecified atom stereocenters. The molecule has 0 atom stereocenters. The van der Waals surface area contributed by atoms with Gasteiger partial charge in [-0.25, -0.2) is 0 Å². The van der Waals surface area contributed by atoms with Gasteiger partial charge in [-0.3, -0.25) is 9.59 Å². The summed E-state index contributed by atoms with van der Waals surface area (Å²) in [6.07, 6.45) is 0. The van der Waals surface area contributed by atoms with Crippen molar-refractivity contribution in [2.24, 2.45) is 0 Å². The van der Waals surface area contributed by atoms with Gasteiger partial charge in [-0.05, 0) is 43.7 Å². The minimum absolute atomic E-state index is 0.0197. The second-order valence-electron chi connectivity index (χ2n) is 7.26. The SMILES string of the molecule is Cc1ccc(CN2C(=O)COc3cc(NC(=O)c4cccc(C)c4)ccc32)cc1. The molecule has 0 bridgehead atoms. The van der Waals surface area contributed by atoms with Crippen LogP contribution in [-0.4, -0.2) is 18.4 Å². The number of carbonyl (C=O) groups excluding carboxylic acids is 2. The van der Waals surface area contributed by atoms with Crippen LogP contribution in [0.15, 0.2) is 66.7 Å². The van der Waals surface area contributed by atoms with Crippen LogP contribution in [0.25, 0.3) is 0 Å². The molecule has 146 valence electrons. The van der Waals surface area contributed by atoms with E-state index in [1.54, 1.807) is 23.1 Å². The van der Waals surface area contributed by atoms with Crippen LogP contribution < -0.4 is 15.0 Å². The van der Waals surface area contributed by atoms with E-state index in [0.717, 1.165) is 11.1 Å². The molecular weight excluding hydrogens is 364 g/mol. The molecule has 1 aliphatic heterocycles. The zero-order chi connectivity index (χ0) is 20.4. The Labute approximate surface area is 169 Å². The van der Waals surface area contributed by atoms with Crippen LogP contribution in [0, 0.1) is 13.8 Å². The summed E-state index contributed by atoms with van der Waals surface area (Å²) in [7, 11) is 0. The molecule has 2 amide bonds. The van der Waals surface area contributed by atoms with Gasteiger partial charge in [-0.15, -0.1) is 0 Å². The molecule has 4 rings (SSSR count). The van der Waals surface area contributed by atoms with Gasteiger partial charge in [0.15, 0.2) is 6.61 Å². The van der Waals surface area contributed by atoms with Crippen LogP contribution in [0.2, 0.25) is 0 Å². The maximum atomic E-state index is 12.5. The van der Waals surface area contributed by atoms with Crippen molar-refractivity contribution in [3.05, 3.63) is 89.0 Å². The number of fused-ring (bicyclic) bond motifs is 1. The van der Waals surface area contributed by atoms with Crippen molar-refractivity contribution < 1.29 is 14.3 Å². The number of nitrogens with zero attached hydrogens (tertiary/aromatic N) is 1. The Morgan fingerprint density at radius 1 is 1.00 bits per heavy atom. The number of rotatable bonds is 4. The van der Waals surface area contributed by atoms with E-state index in [0.29, 0.717) is 29.2 Å². The summed E-state index contributed by atoms with van der Waals surface area (Å²) in [6.45, 7) is 4.44. The Bertz CT molecular complexity index is 1070. The molecule has 0 fully saturated rings. The molecule has 0 aromatic heterocycles. The third-order valence-corrected chi connectivity index (χ3v) is 4.90. The van der Waals surface area contributed by atoms with Crippen molar-refractivity contribution in [3.63, 3.8) is 0 Å². The molecule has 5 nitrogen and oxygen atoms in total. The van der Waals surface area contributed by atoms with Crippen LogP contribution in [0.1, 0.15) is 27.0 Å². The smallest absolute Gasteiger partial charge is 0.265 e. The quantitative estimate of drug-likeness (QED) is 0.719. The average molecular weight is 386 g/mol. The fourth-order valence-corrected chi connectivity index (χ4v) is 3.32. The lowest BCUT2D eigenvalue weighted by Crippen LogP contribution is -2.38. The molecule has 1 N–H and O–H groups in total. The molecule has 3 aromatic carbocycles. The lowest BCUT2D eigenvalue weighted by molar-refractivity contribution is -0.121. The van der Waals surface area contributed by atoms with E-state index in [-0.39, 0.29) is 18.4 Å². The van der Waals surface area contributed by atoms with Gasteiger partial charge in [0, 0.05) is 17.3 Å². The summed E-state index contributed by atoms with van der Waals surface area (Å²) in [5, 5.41) is 2.90. The van der Waals surface area contributed by atoms with Crippen molar-refractivity contribution in [2.45, 2.75) is 20.4 Å². The normalized spacial score (nSPS) is 12.9. The highest BCUT2D eigenvalue weighted by atomic mass is 16.5. The number of ether oxygens (including phenoxy) is 1. The molecule has 0 spiro atoms. The number of nitrogens with one attached hydrogen (secondary N) is 1. The van der Waals surface area contributed by atoms with Crippen LogP contribution in [-0.2, 0) is 11.3 Å². The van der Waals surface area contributed by atoms with Crippen molar-refractivity contribution in [3.8, 4) is 5.75 Å². The number of aryl methyl sites for hydroxylation is 2. The predicted octanol–water partition coefficient (Wildman–Crippen LogP) is 4.48. The monoisotopic (exact) mass is 386 g/mol. The summed E-state index contributed by atoms with van der Waals surface area (Å²) in [5.74, 6) is 0.311. The number of hydrogen-bond donors (Lipinski definition) is 1. The topological polar surface area (TPSA) is 58.6 Å². The maximum Gasteiger partial charge on any atom is 0.265 e. The summed E-state index contributed by atoms with van der Waals surface area (Å²) in [6, 6.07) is 20.9. The van der Waals surface area contributed by atoms with E-state index in [2.05, 4.69) is 5.32 Å². The van der Waals surface area contributed by atoms with Gasteiger partial charge in [0.1, 0.15) is 5.75 Å². The molecule has 0 saturated carbocycles. The molecule has 3 aromatic rings. The molecule has 0 radical (unpaired) electrons. The number of hydrogen-bond acceptors (Lipinski definition) is 3. The number of amides is 2. The first-order chi connectivity index (χ1) is 14.0. The number of benzene rings is 3. The van der Waals surface area contributed by atoms with Crippen LogP contribution >= 0.6 is 0 Å². The summed E-state index contributed by atoms with van der Waals surface area (Å²) in [5.41, 5.74) is 5.18. The first-order valence-electron chi connectivity index (χ1n) is 9.50. The van der Waals surface area contributed by atoms with Gasteiger partial charge in [0.05, 0.1) is 12.2 Å². The minimum atomic E-state index is -0.183. The van der Waals surface area contributed by atoms with E-state index >= 15 is 0 Å². The highest BCUT2D eigenvalue weighted by Gasteiger charge is 2.26. The Hall–Kier alpha value is -3.60. The van der Waals surface area contributed by atoms with Gasteiger partial charge < -0.3 is 15.0 Å². The van der Waals surface area contributed by atoms with Gasteiger partial charge in [-0.2, -0.15) is 0 Å². The Kier molecular flexibility index (Phi) is 5.04. The maximum absolute atomic E-state index is 12.5. The second-order valence-corrected chi connectivity index (χ2v) is 7.26. The largest absolute Gasteiger partial charge is 0.481 e. The molecule has 5 heteroatoms. The Balaban J connectivity index is 1.55. The lowest BCUT2D eigenvalue weighted by Gasteiger charge is -2.30. The van der Waals surface area contributed by atoms with Gasteiger partial charge >= 0.3 is 0 Å². The first-order valence-corrected chi connectivity index (χ1v) is 9.50. The molecule has 1 heterocycles. The summed E-state index contributed by atoms with van der Waals surface area (Å²) < 4.78 is 5.63. The standard InChI is InChI=1S/C24H22N2O3/c1-16-6-8-18(9-7-16)14-26-21-11-10-20(13-22(21)29-15-23(26)27)25-24(28)19-5-3-4-17(2)12-19/h3-13H,14-15H2,1-2H3,(H,25,28). The minimum Gasteiger partial charge on any atom is -0.481 e. The van der Waals surface area contributed by atoms with Crippen LogP contribution in [0.3, 0.4) is 0 Å². The van der Waals surface area contributed by atoms with E-state index in [9.17, 15) is 9.59 Å². The highest BCUT2D eigenvalue weighted by Crippen LogP contribution is 2.35. The predicted molar refractivity (Wildman–Crippen MR) is 113 cm³/mol. The van der Waals surface area contributed by atoms with E-state index < -0.39 is 0 Å². The summed E-state index contributed by atoms with van der Waals surface area (Å²) >= 11 is 0. The third-order valence-electron chi connectivity index (χ3n) is 4.90. The van der Waals surface area contributed by atoms with Crippen LogP contribution in [0.5, 0.6) is 5.75 Å². The van der Waals surface area contributed by atoms with Crippen LogP contribution in [0.4, 0.5) is 11.4 Å². The van der Waals surface area contributed by atoms with Gasteiger partial charge in [0.25, 0.3) is 11.8 Å². The number of anilines is 2. The van der Waals surface area contributed by atoms with E-state index in [1.807, 2.05) is 62.4 Å². The lowest BCUT2D eigenvalue weighted by atomic mass is 10.1. The zero-order valence-electron chi connectivity index (χ0n) is 16.4. The van der Waals surface area contributed by atoms with Gasteiger partial charge in [-0.1, -0.05) is 47.5 Å². The number of carbonyl (C=O) groups is 2. The molecule has 0 aliphatic carbocycles. The second kappa shape index (κ2) is 7.80. The average Bonchev–Trinajstić information content (AvgIpc) is 2.71. The molecule has 1 aliphatic rings. The Morgan fingerprint density at radius 2 is 1.79 bits per heavy atom. The molecule has 29 heavy (non-hydrogen) atoms. The highest BCUT2D eigenvalue weighted by molar-refractivity contribution is 6.05. The fraction of sp³-hybridized carbons (Fsp3) is 0.167. The van der Waals surface area contributed by atoms with E-state index in [4.69, 9.17) is 4.74 Å². The Morgan fingerprint density at radius 3 is 2.55 bits per heavy atom. The first kappa shape index (κ1) is 18.7. The van der Waals surface area contributed by atoms with Crippen molar-refractivity contribution in [2.75, 3.05) is 16.8 Å². The summed E-state index contributed by atoms with van der Waals surface area (Å²) in [4.78, 5) is 26.7. The molecular formula is C24H22N2O3. The van der Waals surface area contributed by atoms with Crippen molar-refractivity contribution in [1.29, 1.82) is 0 Å².